The molecule has 2 heterocycles. The fourth-order valence-electron chi connectivity index (χ4n) is 4.39. The van der Waals surface area contributed by atoms with Gasteiger partial charge in [-0.1, -0.05) is 66.2 Å². The average Bonchev–Trinajstić information content (AvgIpc) is 3.16. The zero-order valence-corrected chi connectivity index (χ0v) is 18.9. The van der Waals surface area contributed by atoms with Gasteiger partial charge in [-0.3, -0.25) is 14.9 Å². The Hall–Kier alpha value is -4.45. The third-order valence-electron chi connectivity index (χ3n) is 6.01. The third-order valence-corrected chi connectivity index (χ3v) is 6.01. The number of aromatic nitrogens is 1. The van der Waals surface area contributed by atoms with E-state index in [1.807, 2.05) is 74.6 Å². The predicted molar refractivity (Wildman–Crippen MR) is 132 cm³/mol. The second-order valence-corrected chi connectivity index (χ2v) is 8.46. The van der Waals surface area contributed by atoms with Crippen molar-refractivity contribution in [1.82, 2.24) is 9.88 Å². The van der Waals surface area contributed by atoms with Crippen LogP contribution in [0.3, 0.4) is 0 Å². The number of nitrogens with one attached hydrogen (secondary N) is 1. The Bertz CT molecular complexity index is 1480. The molecule has 4 amide bonds. The lowest BCUT2D eigenvalue weighted by molar-refractivity contribution is -0.122. The summed E-state index contributed by atoms with van der Waals surface area (Å²) in [7, 11) is 0. The number of amides is 4. The lowest BCUT2D eigenvalue weighted by Gasteiger charge is -2.27. The molecule has 6 heteroatoms. The molecule has 0 bridgehead atoms. The van der Waals surface area contributed by atoms with Gasteiger partial charge in [0.25, 0.3) is 11.8 Å². The molecule has 5 rings (SSSR count). The molecule has 0 spiro atoms. The summed E-state index contributed by atoms with van der Waals surface area (Å²) in [5.74, 6) is -1.34. The van der Waals surface area contributed by atoms with E-state index in [0.29, 0.717) is 12.2 Å². The normalized spacial score (nSPS) is 15.3. The van der Waals surface area contributed by atoms with Gasteiger partial charge < -0.3 is 4.57 Å². The number of fused-ring (bicyclic) bond motifs is 1. The predicted octanol–water partition coefficient (Wildman–Crippen LogP) is 4.97. The molecule has 1 aromatic heterocycles. The first kappa shape index (κ1) is 21.4. The number of hydrogen-bond acceptors (Lipinski definition) is 3. The molecule has 0 aliphatic carbocycles. The largest absolute Gasteiger partial charge is 0.342 e. The first-order valence-corrected chi connectivity index (χ1v) is 11.0. The highest BCUT2D eigenvalue weighted by atomic mass is 16.2. The van der Waals surface area contributed by atoms with Crippen LogP contribution in [-0.2, 0) is 16.1 Å². The van der Waals surface area contributed by atoms with Gasteiger partial charge in [0.1, 0.15) is 5.57 Å². The number of nitrogens with zero attached hydrogens (tertiary/aromatic N) is 2. The number of urea groups is 1. The van der Waals surface area contributed by atoms with E-state index in [9.17, 15) is 14.4 Å². The quantitative estimate of drug-likeness (QED) is 0.353. The van der Waals surface area contributed by atoms with Crippen LogP contribution in [0.4, 0.5) is 10.5 Å². The lowest BCUT2D eigenvalue weighted by Crippen LogP contribution is -2.54. The highest BCUT2D eigenvalue weighted by Gasteiger charge is 2.37. The summed E-state index contributed by atoms with van der Waals surface area (Å²) in [5, 5.41) is 3.24. The van der Waals surface area contributed by atoms with Crippen LogP contribution >= 0.6 is 0 Å². The van der Waals surface area contributed by atoms with E-state index in [-0.39, 0.29) is 5.57 Å². The first-order valence-electron chi connectivity index (χ1n) is 11.0. The summed E-state index contributed by atoms with van der Waals surface area (Å²) in [5.41, 5.74) is 5.03. The minimum atomic E-state index is -0.745. The van der Waals surface area contributed by atoms with Gasteiger partial charge >= 0.3 is 6.03 Å². The van der Waals surface area contributed by atoms with Gasteiger partial charge in [-0.05, 0) is 43.2 Å². The zero-order chi connectivity index (χ0) is 23.8. The van der Waals surface area contributed by atoms with E-state index in [2.05, 4.69) is 22.0 Å². The van der Waals surface area contributed by atoms with E-state index in [0.717, 1.165) is 38.1 Å². The number of anilines is 1. The number of para-hydroxylation sites is 1. The molecule has 34 heavy (non-hydrogen) atoms. The summed E-state index contributed by atoms with van der Waals surface area (Å²) in [6, 6.07) is 22.6. The SMILES string of the molecule is Cc1ccc(N2C(=O)NC(=O)/C(=C/c3cn(Cc4ccccc4)c4ccccc34)C2=O)c(C)c1. The van der Waals surface area contributed by atoms with Crippen molar-refractivity contribution in [2.24, 2.45) is 0 Å². The fraction of sp³-hybridized carbons (Fsp3) is 0.107. The van der Waals surface area contributed by atoms with Crippen LogP contribution in [0.1, 0.15) is 22.3 Å². The molecule has 0 radical (unpaired) electrons. The molecule has 168 valence electrons. The Labute approximate surface area is 197 Å². The maximum atomic E-state index is 13.4. The minimum absolute atomic E-state index is 0.0813. The molecular weight excluding hydrogens is 426 g/mol. The number of rotatable bonds is 4. The van der Waals surface area contributed by atoms with Gasteiger partial charge in [0.05, 0.1) is 5.69 Å². The molecule has 1 fully saturated rings. The molecule has 6 nitrogen and oxygen atoms in total. The standard InChI is InChI=1S/C28H23N3O3/c1-18-12-13-24(19(2)14-18)31-27(33)23(26(32)29-28(31)34)15-21-17-30(16-20-8-4-3-5-9-20)25-11-7-6-10-22(21)25/h3-15,17H,16H2,1-2H3,(H,29,32,34)/b23-15-. The molecule has 3 aromatic carbocycles. The number of aryl methyl sites for hydroxylation is 2. The maximum absolute atomic E-state index is 13.4. The second-order valence-electron chi connectivity index (χ2n) is 8.46. The van der Waals surface area contributed by atoms with Crippen molar-refractivity contribution < 1.29 is 14.4 Å². The minimum Gasteiger partial charge on any atom is -0.342 e. The number of hydrogen-bond donors (Lipinski definition) is 1. The van der Waals surface area contributed by atoms with Crippen LogP contribution in [0.15, 0.2) is 84.6 Å². The Morgan fingerprint density at radius 3 is 2.38 bits per heavy atom. The second kappa shape index (κ2) is 8.48. The molecule has 1 N–H and O–H groups in total. The van der Waals surface area contributed by atoms with E-state index >= 15 is 0 Å². The van der Waals surface area contributed by atoms with Gasteiger partial charge in [0.15, 0.2) is 0 Å². The van der Waals surface area contributed by atoms with Crippen molar-refractivity contribution >= 4 is 40.5 Å². The van der Waals surface area contributed by atoms with Crippen LogP contribution in [0.25, 0.3) is 17.0 Å². The Morgan fingerprint density at radius 1 is 0.882 bits per heavy atom. The fourth-order valence-corrected chi connectivity index (χ4v) is 4.39. The summed E-state index contributed by atoms with van der Waals surface area (Å²) >= 11 is 0. The lowest BCUT2D eigenvalue weighted by atomic mass is 10.0. The van der Waals surface area contributed by atoms with Gasteiger partial charge in [0, 0.05) is 29.2 Å². The summed E-state index contributed by atoms with van der Waals surface area (Å²) < 4.78 is 2.09. The number of imide groups is 2. The van der Waals surface area contributed by atoms with Crippen molar-refractivity contribution in [3.05, 3.63) is 107 Å². The highest BCUT2D eigenvalue weighted by molar-refractivity contribution is 6.39. The smallest absolute Gasteiger partial charge is 0.335 e. The van der Waals surface area contributed by atoms with Gasteiger partial charge in [-0.2, -0.15) is 0 Å². The summed E-state index contributed by atoms with van der Waals surface area (Å²) in [4.78, 5) is 39.8. The van der Waals surface area contributed by atoms with Gasteiger partial charge in [-0.25, -0.2) is 9.69 Å². The Kier molecular flexibility index (Phi) is 5.34. The molecule has 1 saturated heterocycles. The van der Waals surface area contributed by atoms with Gasteiger partial charge in [-0.15, -0.1) is 0 Å². The van der Waals surface area contributed by atoms with Crippen LogP contribution in [0.5, 0.6) is 0 Å². The highest BCUT2D eigenvalue weighted by Crippen LogP contribution is 2.28. The van der Waals surface area contributed by atoms with Crippen molar-refractivity contribution in [2.45, 2.75) is 20.4 Å². The maximum Gasteiger partial charge on any atom is 0.335 e. The van der Waals surface area contributed by atoms with E-state index in [1.54, 1.807) is 12.1 Å². The van der Waals surface area contributed by atoms with Crippen LogP contribution in [0.2, 0.25) is 0 Å². The number of benzene rings is 3. The van der Waals surface area contributed by atoms with Crippen LogP contribution < -0.4 is 10.2 Å². The van der Waals surface area contributed by atoms with Gasteiger partial charge in [0.2, 0.25) is 0 Å². The number of carbonyl (C=O) groups is 3. The third kappa shape index (κ3) is 3.79. The van der Waals surface area contributed by atoms with Crippen molar-refractivity contribution in [1.29, 1.82) is 0 Å². The molecular formula is C28H23N3O3. The number of carbonyl (C=O) groups excluding carboxylic acids is 3. The van der Waals surface area contributed by atoms with Crippen LogP contribution in [0, 0.1) is 13.8 Å². The van der Waals surface area contributed by atoms with Crippen molar-refractivity contribution in [3.8, 4) is 0 Å². The van der Waals surface area contributed by atoms with E-state index < -0.39 is 17.8 Å². The van der Waals surface area contributed by atoms with Crippen LogP contribution in [-0.4, -0.2) is 22.4 Å². The molecule has 1 aliphatic rings. The monoisotopic (exact) mass is 449 g/mol. The average molecular weight is 450 g/mol. The van der Waals surface area contributed by atoms with Crippen molar-refractivity contribution in [3.63, 3.8) is 0 Å². The summed E-state index contributed by atoms with van der Waals surface area (Å²) in [6.45, 7) is 4.42. The van der Waals surface area contributed by atoms with E-state index in [4.69, 9.17) is 0 Å². The van der Waals surface area contributed by atoms with E-state index in [1.165, 1.54) is 0 Å². The van der Waals surface area contributed by atoms with Crippen molar-refractivity contribution in [2.75, 3.05) is 4.90 Å². The zero-order valence-electron chi connectivity index (χ0n) is 18.9. The summed E-state index contributed by atoms with van der Waals surface area (Å²) in [6.07, 6.45) is 3.51. The molecule has 1 aliphatic heterocycles. The Morgan fingerprint density at radius 2 is 1.62 bits per heavy atom. The Balaban J connectivity index is 1.58. The molecule has 0 atom stereocenters. The number of barbiturate groups is 1. The first-order chi connectivity index (χ1) is 16.4. The molecule has 0 saturated carbocycles. The topological polar surface area (TPSA) is 71.4 Å². The molecule has 4 aromatic rings. The molecule has 0 unspecified atom stereocenters.